The second kappa shape index (κ2) is 9.09. The number of rotatable bonds is 9. The number of primary amides is 1. The first kappa shape index (κ1) is 20.9. The summed E-state index contributed by atoms with van der Waals surface area (Å²) in [5.41, 5.74) is 6.11. The van der Waals surface area contributed by atoms with E-state index in [2.05, 4.69) is 6.92 Å². The van der Waals surface area contributed by atoms with Crippen molar-refractivity contribution < 1.29 is 14.5 Å². The summed E-state index contributed by atoms with van der Waals surface area (Å²) in [7, 11) is 0. The smallest absolute Gasteiger partial charge is 0.283 e. The number of nitrogens with two attached hydrogens (primary N) is 1. The number of amides is 2. The minimum Gasteiger partial charge on any atom is -0.366 e. The molecule has 1 aliphatic rings. The number of carbonyl (C=O) groups is 2. The Morgan fingerprint density at radius 2 is 1.93 bits per heavy atom. The van der Waals surface area contributed by atoms with E-state index in [1.165, 1.54) is 12.1 Å². The van der Waals surface area contributed by atoms with Crippen molar-refractivity contribution in [2.24, 2.45) is 11.7 Å². The fourth-order valence-corrected chi connectivity index (χ4v) is 4.12. The van der Waals surface area contributed by atoms with E-state index >= 15 is 0 Å². The van der Waals surface area contributed by atoms with E-state index in [1.807, 2.05) is 35.2 Å². The van der Waals surface area contributed by atoms with Crippen molar-refractivity contribution in [3.63, 3.8) is 0 Å². The molecule has 1 fully saturated rings. The number of nitro benzene ring substituents is 1. The fraction of sp³-hybridized carbons (Fsp3) is 0.333. The van der Waals surface area contributed by atoms with Crippen LogP contribution in [0.5, 0.6) is 0 Å². The molecule has 1 saturated carbocycles. The first-order valence-electron chi connectivity index (χ1n) is 9.41. The second-order valence-corrected chi connectivity index (χ2v) is 8.19. The molecule has 3 rings (SSSR count). The monoisotopic (exact) mass is 413 g/mol. The zero-order chi connectivity index (χ0) is 21.0. The average molecular weight is 413 g/mol. The van der Waals surface area contributed by atoms with Crippen molar-refractivity contribution in [1.82, 2.24) is 4.90 Å². The van der Waals surface area contributed by atoms with Gasteiger partial charge in [0.1, 0.15) is 0 Å². The van der Waals surface area contributed by atoms with Gasteiger partial charge in [-0.3, -0.25) is 19.7 Å². The Labute approximate surface area is 173 Å². The summed E-state index contributed by atoms with van der Waals surface area (Å²) in [6.07, 6.45) is 2.24. The van der Waals surface area contributed by atoms with Crippen LogP contribution >= 0.6 is 11.8 Å². The Hall–Kier alpha value is -2.87. The van der Waals surface area contributed by atoms with E-state index in [0.29, 0.717) is 17.4 Å². The van der Waals surface area contributed by atoms with Crippen molar-refractivity contribution in [1.29, 1.82) is 0 Å². The molecule has 1 aliphatic carbocycles. The van der Waals surface area contributed by atoms with Crippen molar-refractivity contribution in [2.45, 2.75) is 37.2 Å². The van der Waals surface area contributed by atoms with Gasteiger partial charge in [0.15, 0.2) is 0 Å². The van der Waals surface area contributed by atoms with Crippen LogP contribution in [0, 0.1) is 16.0 Å². The minimum atomic E-state index is -0.729. The van der Waals surface area contributed by atoms with Crippen LogP contribution < -0.4 is 5.73 Å². The van der Waals surface area contributed by atoms with Crippen LogP contribution in [0.4, 0.5) is 5.69 Å². The van der Waals surface area contributed by atoms with Gasteiger partial charge in [-0.15, -0.1) is 11.8 Å². The van der Waals surface area contributed by atoms with E-state index in [4.69, 9.17) is 5.73 Å². The van der Waals surface area contributed by atoms with Crippen molar-refractivity contribution in [3.8, 4) is 0 Å². The first-order chi connectivity index (χ1) is 13.9. The van der Waals surface area contributed by atoms with Gasteiger partial charge in [0.25, 0.3) is 5.69 Å². The fourth-order valence-electron chi connectivity index (χ4n) is 3.23. The summed E-state index contributed by atoms with van der Waals surface area (Å²) in [6.45, 7) is 2.58. The number of benzene rings is 2. The third kappa shape index (κ3) is 5.35. The van der Waals surface area contributed by atoms with Crippen LogP contribution in [0.1, 0.15) is 35.7 Å². The Morgan fingerprint density at radius 3 is 2.52 bits per heavy atom. The van der Waals surface area contributed by atoms with Gasteiger partial charge >= 0.3 is 0 Å². The van der Waals surface area contributed by atoms with Gasteiger partial charge in [-0.2, -0.15) is 0 Å². The van der Waals surface area contributed by atoms with Crippen molar-refractivity contribution in [2.75, 3.05) is 5.75 Å². The Morgan fingerprint density at radius 1 is 1.24 bits per heavy atom. The molecule has 7 nitrogen and oxygen atoms in total. The Kier molecular flexibility index (Phi) is 6.53. The predicted octanol–water partition coefficient (Wildman–Crippen LogP) is 3.61. The quantitative estimate of drug-likeness (QED) is 0.384. The molecule has 0 saturated heterocycles. The Balaban J connectivity index is 1.74. The number of nitrogens with zero attached hydrogens (tertiary/aromatic N) is 2. The molecule has 152 valence electrons. The van der Waals surface area contributed by atoms with Crippen molar-refractivity contribution in [3.05, 3.63) is 69.8 Å². The number of hydrogen-bond acceptors (Lipinski definition) is 5. The van der Waals surface area contributed by atoms with E-state index < -0.39 is 10.8 Å². The molecule has 0 bridgehead atoms. The lowest BCUT2D eigenvalue weighted by atomic mass is 10.1. The second-order valence-electron chi connectivity index (χ2n) is 7.18. The summed E-state index contributed by atoms with van der Waals surface area (Å²) in [5.74, 6) is -0.197. The normalized spacial score (nSPS) is 14.2. The lowest BCUT2D eigenvalue weighted by Gasteiger charge is -2.29. The third-order valence-corrected chi connectivity index (χ3v) is 6.15. The van der Waals surface area contributed by atoms with Gasteiger partial charge < -0.3 is 10.6 Å². The van der Waals surface area contributed by atoms with Gasteiger partial charge in [-0.05, 0) is 43.4 Å². The number of hydrogen-bond donors (Lipinski definition) is 1. The average Bonchev–Trinajstić information content (AvgIpc) is 3.55. The number of thioether (sulfide) groups is 1. The van der Waals surface area contributed by atoms with E-state index in [0.717, 1.165) is 36.2 Å². The molecule has 1 unspecified atom stereocenters. The third-order valence-electron chi connectivity index (χ3n) is 5.10. The maximum Gasteiger partial charge on any atom is 0.283 e. The molecule has 0 radical (unpaired) electrons. The van der Waals surface area contributed by atoms with Crippen LogP contribution in [0.2, 0.25) is 0 Å². The van der Waals surface area contributed by atoms with E-state index in [-0.39, 0.29) is 29.0 Å². The highest BCUT2D eigenvalue weighted by molar-refractivity contribution is 8.00. The molecular formula is C21H23N3O4S. The molecule has 8 heteroatoms. The lowest BCUT2D eigenvalue weighted by Crippen LogP contribution is -2.40. The molecule has 0 spiro atoms. The van der Waals surface area contributed by atoms with Gasteiger partial charge in [-0.25, -0.2) is 0 Å². The summed E-state index contributed by atoms with van der Waals surface area (Å²) >= 11 is 1.11. The molecule has 1 atom stereocenters. The molecular weight excluding hydrogens is 390 g/mol. The van der Waals surface area contributed by atoms with Crippen LogP contribution in [-0.2, 0) is 11.3 Å². The van der Waals surface area contributed by atoms with Crippen molar-refractivity contribution >= 4 is 29.3 Å². The standard InChI is InChI=1S/C21H23N3O4S/c1-14(16-7-8-16)23(12-15-5-3-2-4-6-15)20(25)13-29-19-10-9-17(21(22)26)11-18(19)24(27)28/h2-6,9-11,14,16H,7-8,12-13H2,1H3,(H2,22,26). The van der Waals surface area contributed by atoms with Crippen LogP contribution in [0.25, 0.3) is 0 Å². The highest BCUT2D eigenvalue weighted by Crippen LogP contribution is 2.36. The highest BCUT2D eigenvalue weighted by atomic mass is 32.2. The van der Waals surface area contributed by atoms with E-state index in [1.54, 1.807) is 0 Å². The van der Waals surface area contributed by atoms with Gasteiger partial charge in [0.2, 0.25) is 11.8 Å². The summed E-state index contributed by atoms with van der Waals surface area (Å²) in [6, 6.07) is 14.0. The summed E-state index contributed by atoms with van der Waals surface area (Å²) in [4.78, 5) is 37.3. The maximum atomic E-state index is 13.0. The van der Waals surface area contributed by atoms with E-state index in [9.17, 15) is 19.7 Å². The van der Waals surface area contributed by atoms with Crippen LogP contribution in [0.15, 0.2) is 53.4 Å². The molecule has 29 heavy (non-hydrogen) atoms. The molecule has 0 aromatic heterocycles. The number of carbonyl (C=O) groups excluding carboxylic acids is 2. The van der Waals surface area contributed by atoms with Gasteiger partial charge in [-0.1, -0.05) is 30.3 Å². The predicted molar refractivity (Wildman–Crippen MR) is 112 cm³/mol. The van der Waals surface area contributed by atoms with Crippen LogP contribution in [-0.4, -0.2) is 33.4 Å². The molecule has 0 heterocycles. The number of nitro groups is 1. The summed E-state index contributed by atoms with van der Waals surface area (Å²) in [5, 5.41) is 11.4. The molecule has 2 N–H and O–H groups in total. The molecule has 2 aromatic carbocycles. The molecule has 2 amide bonds. The topological polar surface area (TPSA) is 107 Å². The largest absolute Gasteiger partial charge is 0.366 e. The zero-order valence-electron chi connectivity index (χ0n) is 16.1. The highest BCUT2D eigenvalue weighted by Gasteiger charge is 2.34. The molecule has 0 aliphatic heterocycles. The first-order valence-corrected chi connectivity index (χ1v) is 10.4. The lowest BCUT2D eigenvalue weighted by molar-refractivity contribution is -0.387. The molecule has 2 aromatic rings. The SMILES string of the molecule is CC(C1CC1)N(Cc1ccccc1)C(=O)CSc1ccc(C(N)=O)cc1[N+](=O)[O-]. The van der Waals surface area contributed by atoms with Gasteiger partial charge in [0.05, 0.1) is 15.6 Å². The Bertz CT molecular complexity index is 915. The maximum absolute atomic E-state index is 13.0. The minimum absolute atomic E-state index is 0.0634. The van der Waals surface area contributed by atoms with Crippen LogP contribution in [0.3, 0.4) is 0 Å². The zero-order valence-corrected chi connectivity index (χ0v) is 16.9. The van der Waals surface area contributed by atoms with Gasteiger partial charge in [0, 0.05) is 24.2 Å². The summed E-state index contributed by atoms with van der Waals surface area (Å²) < 4.78 is 0.